The molecule has 0 radical (unpaired) electrons. The molecule has 2 heterocycles. The van der Waals surface area contributed by atoms with Crippen LogP contribution in [0.15, 0.2) is 0 Å². The van der Waals surface area contributed by atoms with Crippen LogP contribution < -0.4 is 5.73 Å². The number of nitrogen functional groups attached to an aromatic ring is 1. The number of anilines is 1. The first-order valence-electron chi connectivity index (χ1n) is 7.40. The zero-order valence-electron chi connectivity index (χ0n) is 11.1. The minimum Gasteiger partial charge on any atom is -0.383 e. The minimum atomic E-state index is 0.539. The fourth-order valence-electron chi connectivity index (χ4n) is 3.58. The van der Waals surface area contributed by atoms with E-state index >= 15 is 0 Å². The number of rotatable bonds is 1. The van der Waals surface area contributed by atoms with Crippen molar-refractivity contribution in [3.63, 3.8) is 0 Å². The van der Waals surface area contributed by atoms with E-state index in [4.69, 9.17) is 10.7 Å². The Hall–Kier alpha value is -1.16. The molecule has 0 saturated heterocycles. The lowest BCUT2D eigenvalue weighted by Gasteiger charge is -2.20. The van der Waals surface area contributed by atoms with Gasteiger partial charge < -0.3 is 5.73 Å². The molecule has 0 aromatic carbocycles. The molecule has 4 heteroatoms. The quantitative estimate of drug-likeness (QED) is 0.859. The molecule has 0 unspecified atom stereocenters. The highest BCUT2D eigenvalue weighted by Crippen LogP contribution is 2.40. The molecular formula is C15H19N3S. The summed E-state index contributed by atoms with van der Waals surface area (Å²) in [6.07, 6.45) is 10.1. The highest BCUT2D eigenvalue weighted by Gasteiger charge is 2.24. The van der Waals surface area contributed by atoms with Gasteiger partial charge in [0.1, 0.15) is 16.5 Å². The van der Waals surface area contributed by atoms with Gasteiger partial charge >= 0.3 is 0 Å². The molecule has 0 amide bonds. The SMILES string of the molecule is Nc1nc(C2CCCCC2)nc2sc3c(c12)CCC3. The van der Waals surface area contributed by atoms with Crippen LogP contribution in [0.5, 0.6) is 0 Å². The maximum absolute atomic E-state index is 6.24. The fraction of sp³-hybridized carbons (Fsp3) is 0.600. The van der Waals surface area contributed by atoms with Crippen molar-refractivity contribution in [2.75, 3.05) is 5.73 Å². The van der Waals surface area contributed by atoms with Gasteiger partial charge in [0.05, 0.1) is 5.39 Å². The molecule has 3 nitrogen and oxygen atoms in total. The van der Waals surface area contributed by atoms with Crippen LogP contribution in [0.1, 0.15) is 60.7 Å². The average molecular weight is 273 g/mol. The normalized spacial score (nSPS) is 20.0. The van der Waals surface area contributed by atoms with Gasteiger partial charge in [-0.25, -0.2) is 9.97 Å². The zero-order chi connectivity index (χ0) is 12.8. The van der Waals surface area contributed by atoms with E-state index in [1.807, 2.05) is 11.3 Å². The number of aryl methyl sites for hydroxylation is 2. The molecular weight excluding hydrogens is 254 g/mol. The number of hydrogen-bond donors (Lipinski definition) is 1. The summed E-state index contributed by atoms with van der Waals surface area (Å²) in [6.45, 7) is 0. The van der Waals surface area contributed by atoms with E-state index in [9.17, 15) is 0 Å². The molecule has 0 aliphatic heterocycles. The monoisotopic (exact) mass is 273 g/mol. The molecule has 0 atom stereocenters. The molecule has 2 N–H and O–H groups in total. The second-order valence-electron chi connectivity index (χ2n) is 5.84. The standard InChI is InChI=1S/C15H19N3S/c16-13-12-10-7-4-8-11(10)19-15(12)18-14(17-13)9-5-2-1-3-6-9/h9H,1-8H2,(H2,16,17,18). The van der Waals surface area contributed by atoms with Crippen molar-refractivity contribution in [1.82, 2.24) is 9.97 Å². The summed E-state index contributed by atoms with van der Waals surface area (Å²) in [6, 6.07) is 0. The van der Waals surface area contributed by atoms with Gasteiger partial charge in [0.15, 0.2) is 0 Å². The molecule has 2 aromatic heterocycles. The van der Waals surface area contributed by atoms with Crippen LogP contribution in [0.3, 0.4) is 0 Å². The van der Waals surface area contributed by atoms with Crippen LogP contribution in [0, 0.1) is 0 Å². The first-order valence-corrected chi connectivity index (χ1v) is 8.22. The molecule has 19 heavy (non-hydrogen) atoms. The summed E-state index contributed by atoms with van der Waals surface area (Å²) in [5, 5.41) is 1.16. The number of fused-ring (bicyclic) bond motifs is 3. The molecule has 1 saturated carbocycles. The lowest BCUT2D eigenvalue weighted by atomic mass is 9.88. The van der Waals surface area contributed by atoms with Gasteiger partial charge in [-0.05, 0) is 37.7 Å². The highest BCUT2D eigenvalue weighted by atomic mass is 32.1. The third-order valence-electron chi connectivity index (χ3n) is 4.58. The highest BCUT2D eigenvalue weighted by molar-refractivity contribution is 7.19. The Labute approximate surface area is 117 Å². The van der Waals surface area contributed by atoms with Crippen LogP contribution in [0.4, 0.5) is 5.82 Å². The van der Waals surface area contributed by atoms with Gasteiger partial charge in [-0.15, -0.1) is 11.3 Å². The van der Waals surface area contributed by atoms with Gasteiger partial charge in [0.2, 0.25) is 0 Å². The van der Waals surface area contributed by atoms with E-state index in [0.29, 0.717) is 5.92 Å². The van der Waals surface area contributed by atoms with Crippen molar-refractivity contribution in [3.8, 4) is 0 Å². The number of nitrogens with two attached hydrogens (primary N) is 1. The van der Waals surface area contributed by atoms with E-state index in [1.54, 1.807) is 0 Å². The molecule has 2 aliphatic carbocycles. The Bertz CT molecular complexity index is 626. The van der Waals surface area contributed by atoms with Crippen LogP contribution in [-0.2, 0) is 12.8 Å². The zero-order valence-corrected chi connectivity index (χ0v) is 11.9. The Kier molecular flexibility index (Phi) is 2.72. The molecule has 2 aliphatic rings. The summed E-state index contributed by atoms with van der Waals surface area (Å²) in [5.41, 5.74) is 7.67. The van der Waals surface area contributed by atoms with Crippen LogP contribution in [-0.4, -0.2) is 9.97 Å². The van der Waals surface area contributed by atoms with E-state index < -0.39 is 0 Å². The molecule has 2 aromatic rings. The average Bonchev–Trinajstić information content (AvgIpc) is 2.99. The molecule has 4 rings (SSSR count). The van der Waals surface area contributed by atoms with Crippen molar-refractivity contribution in [2.24, 2.45) is 0 Å². The lowest BCUT2D eigenvalue weighted by Crippen LogP contribution is -2.10. The van der Waals surface area contributed by atoms with Crippen LogP contribution in [0.25, 0.3) is 10.2 Å². The van der Waals surface area contributed by atoms with E-state index in [2.05, 4.69) is 4.98 Å². The van der Waals surface area contributed by atoms with Crippen molar-refractivity contribution in [1.29, 1.82) is 0 Å². The lowest BCUT2D eigenvalue weighted by molar-refractivity contribution is 0.430. The first kappa shape index (κ1) is 11.6. The Morgan fingerprint density at radius 2 is 1.84 bits per heavy atom. The fourth-order valence-corrected chi connectivity index (χ4v) is 4.86. The van der Waals surface area contributed by atoms with E-state index in [0.717, 1.165) is 28.3 Å². The van der Waals surface area contributed by atoms with Gasteiger partial charge in [-0.3, -0.25) is 0 Å². The number of hydrogen-bond acceptors (Lipinski definition) is 4. The minimum absolute atomic E-state index is 0.539. The van der Waals surface area contributed by atoms with Gasteiger partial charge in [-0.1, -0.05) is 19.3 Å². The van der Waals surface area contributed by atoms with E-state index in [1.165, 1.54) is 55.4 Å². The maximum Gasteiger partial charge on any atom is 0.136 e. The summed E-state index contributed by atoms with van der Waals surface area (Å²) < 4.78 is 0. The van der Waals surface area contributed by atoms with Crippen LogP contribution in [0.2, 0.25) is 0 Å². The van der Waals surface area contributed by atoms with Gasteiger partial charge in [0, 0.05) is 10.8 Å². The summed E-state index contributed by atoms with van der Waals surface area (Å²) in [7, 11) is 0. The molecule has 100 valence electrons. The molecule has 0 bridgehead atoms. The Morgan fingerprint density at radius 3 is 2.68 bits per heavy atom. The molecule has 0 spiro atoms. The molecule has 1 fully saturated rings. The second-order valence-corrected chi connectivity index (χ2v) is 6.92. The smallest absolute Gasteiger partial charge is 0.136 e. The largest absolute Gasteiger partial charge is 0.383 e. The third-order valence-corrected chi connectivity index (χ3v) is 5.77. The summed E-state index contributed by atoms with van der Waals surface area (Å²) in [5.74, 6) is 2.27. The summed E-state index contributed by atoms with van der Waals surface area (Å²) in [4.78, 5) is 12.1. The number of nitrogens with zero attached hydrogens (tertiary/aromatic N) is 2. The second kappa shape index (κ2) is 4.44. The topological polar surface area (TPSA) is 51.8 Å². The predicted molar refractivity (Wildman–Crippen MR) is 79.7 cm³/mol. The number of aromatic nitrogens is 2. The Morgan fingerprint density at radius 1 is 1.00 bits per heavy atom. The van der Waals surface area contributed by atoms with Gasteiger partial charge in [0.25, 0.3) is 0 Å². The van der Waals surface area contributed by atoms with Crippen LogP contribution >= 0.6 is 11.3 Å². The van der Waals surface area contributed by atoms with Crippen molar-refractivity contribution >= 4 is 27.4 Å². The van der Waals surface area contributed by atoms with Gasteiger partial charge in [-0.2, -0.15) is 0 Å². The third kappa shape index (κ3) is 1.84. The number of thiophene rings is 1. The summed E-state index contributed by atoms with van der Waals surface area (Å²) >= 11 is 1.85. The van der Waals surface area contributed by atoms with Crippen molar-refractivity contribution in [2.45, 2.75) is 57.3 Å². The van der Waals surface area contributed by atoms with Crippen molar-refractivity contribution in [3.05, 3.63) is 16.3 Å². The van der Waals surface area contributed by atoms with E-state index in [-0.39, 0.29) is 0 Å². The first-order chi connectivity index (χ1) is 9.33. The van der Waals surface area contributed by atoms with Crippen molar-refractivity contribution < 1.29 is 0 Å². The Balaban J connectivity index is 1.82. The maximum atomic E-state index is 6.24. The predicted octanol–water partition coefficient (Wildman–Crippen LogP) is 3.81.